The first-order valence-electron chi connectivity index (χ1n) is 6.33. The Morgan fingerprint density at radius 2 is 1.78 bits per heavy atom. The molecule has 1 aromatic carbocycles. The Balaban J connectivity index is 2.27. The molecule has 4 heteroatoms. The molecule has 0 saturated carbocycles. The molecule has 1 aliphatic rings. The summed E-state index contributed by atoms with van der Waals surface area (Å²) in [5.41, 5.74) is 1.56. The number of nitrogens with zero attached hydrogens (tertiary/aromatic N) is 2. The van der Waals surface area contributed by atoms with Crippen LogP contribution < -0.4 is 4.90 Å². The first kappa shape index (κ1) is 12.9. The van der Waals surface area contributed by atoms with Gasteiger partial charge in [-0.15, -0.1) is 0 Å². The Labute approximate surface area is 107 Å². The summed E-state index contributed by atoms with van der Waals surface area (Å²) < 4.78 is 0. The number of benzene rings is 1. The summed E-state index contributed by atoms with van der Waals surface area (Å²) >= 11 is 0. The molecule has 1 aromatic rings. The van der Waals surface area contributed by atoms with E-state index in [-0.39, 0.29) is 0 Å². The lowest BCUT2D eigenvalue weighted by Crippen LogP contribution is -2.31. The first-order valence-corrected chi connectivity index (χ1v) is 6.33. The second kappa shape index (κ2) is 5.85. The zero-order valence-corrected chi connectivity index (χ0v) is 10.3. The van der Waals surface area contributed by atoms with E-state index in [0.717, 1.165) is 31.6 Å². The lowest BCUT2D eigenvalue weighted by Gasteiger charge is -2.31. The van der Waals surface area contributed by atoms with Gasteiger partial charge in [0.25, 0.3) is 0 Å². The van der Waals surface area contributed by atoms with Crippen LogP contribution in [0.5, 0.6) is 0 Å². The summed E-state index contributed by atoms with van der Waals surface area (Å²) in [6.45, 7) is 1.93. The molecule has 2 atom stereocenters. The molecule has 96 valence electrons. The van der Waals surface area contributed by atoms with Crippen molar-refractivity contribution >= 4 is 5.69 Å². The van der Waals surface area contributed by atoms with Crippen molar-refractivity contribution in [2.24, 2.45) is 0 Å². The fraction of sp³-hybridized carbons (Fsp3) is 0.500. The van der Waals surface area contributed by atoms with Gasteiger partial charge in [0, 0.05) is 24.3 Å². The third-order valence-corrected chi connectivity index (χ3v) is 3.38. The number of rotatable bonds is 3. The van der Waals surface area contributed by atoms with Gasteiger partial charge in [0.05, 0.1) is 6.07 Å². The Morgan fingerprint density at radius 3 is 2.44 bits per heavy atom. The molecule has 18 heavy (non-hydrogen) atoms. The van der Waals surface area contributed by atoms with Crippen LogP contribution >= 0.6 is 0 Å². The van der Waals surface area contributed by atoms with Crippen molar-refractivity contribution in [1.82, 2.24) is 0 Å². The van der Waals surface area contributed by atoms with Crippen LogP contribution in [0.3, 0.4) is 0 Å². The molecule has 1 aliphatic heterocycles. The predicted octanol–water partition coefficient (Wildman–Crippen LogP) is 1.59. The maximum atomic E-state index is 10.0. The van der Waals surface area contributed by atoms with E-state index in [4.69, 9.17) is 5.26 Å². The zero-order valence-electron chi connectivity index (χ0n) is 10.3. The molecular weight excluding hydrogens is 228 g/mol. The first-order chi connectivity index (χ1) is 8.74. The third-order valence-electron chi connectivity index (χ3n) is 3.38. The Kier molecular flexibility index (Phi) is 4.19. The largest absolute Gasteiger partial charge is 0.384 e. The second-order valence-corrected chi connectivity index (χ2v) is 4.63. The van der Waals surface area contributed by atoms with Crippen LogP contribution in [0.25, 0.3) is 0 Å². The molecule has 4 nitrogen and oxygen atoms in total. The molecule has 1 fully saturated rings. The topological polar surface area (TPSA) is 67.5 Å². The zero-order chi connectivity index (χ0) is 13.0. The maximum Gasteiger partial charge on any atom is 0.170 e. The van der Waals surface area contributed by atoms with E-state index in [2.05, 4.69) is 4.90 Å². The average Bonchev–Trinajstić information content (AvgIpc) is 2.46. The normalized spacial score (nSPS) is 19.1. The van der Waals surface area contributed by atoms with Crippen molar-refractivity contribution < 1.29 is 10.2 Å². The Morgan fingerprint density at radius 1 is 1.11 bits per heavy atom. The third kappa shape index (κ3) is 2.63. The highest BCUT2D eigenvalue weighted by Gasteiger charge is 2.23. The summed E-state index contributed by atoms with van der Waals surface area (Å²) in [7, 11) is 0. The smallest absolute Gasteiger partial charge is 0.170 e. The SMILES string of the molecule is N#CC(O)C(O)c1ccccc1N1CCCCC1. The number of aliphatic hydroxyl groups is 2. The molecule has 2 rings (SSSR count). The van der Waals surface area contributed by atoms with Crippen LogP contribution in [0.15, 0.2) is 24.3 Å². The standard InChI is InChI=1S/C14H18N2O2/c15-10-13(17)14(18)11-6-2-3-7-12(11)16-8-4-1-5-9-16/h2-3,6-7,13-14,17-18H,1,4-5,8-9H2. The summed E-state index contributed by atoms with van der Waals surface area (Å²) in [6, 6.07) is 9.12. The van der Waals surface area contributed by atoms with Crippen molar-refractivity contribution in [3.63, 3.8) is 0 Å². The molecule has 0 amide bonds. The summed E-state index contributed by atoms with van der Waals surface area (Å²) in [5, 5.41) is 28.2. The van der Waals surface area contributed by atoms with Gasteiger partial charge in [0.2, 0.25) is 0 Å². The number of aliphatic hydroxyl groups excluding tert-OH is 2. The summed E-state index contributed by atoms with van der Waals surface area (Å²) in [5.74, 6) is 0. The van der Waals surface area contributed by atoms with Crippen molar-refractivity contribution in [1.29, 1.82) is 5.26 Å². The van der Waals surface area contributed by atoms with E-state index in [1.54, 1.807) is 12.1 Å². The number of anilines is 1. The Bertz CT molecular complexity index is 436. The molecule has 2 unspecified atom stereocenters. The molecule has 1 heterocycles. The second-order valence-electron chi connectivity index (χ2n) is 4.63. The van der Waals surface area contributed by atoms with E-state index in [1.165, 1.54) is 6.42 Å². The van der Waals surface area contributed by atoms with Crippen LogP contribution in [0.4, 0.5) is 5.69 Å². The fourth-order valence-electron chi connectivity index (χ4n) is 2.40. The molecule has 0 radical (unpaired) electrons. The van der Waals surface area contributed by atoms with Gasteiger partial charge in [-0.3, -0.25) is 0 Å². The molecule has 2 N–H and O–H groups in total. The van der Waals surface area contributed by atoms with E-state index >= 15 is 0 Å². The molecule has 0 spiro atoms. The van der Waals surface area contributed by atoms with Crippen LogP contribution in [0.1, 0.15) is 30.9 Å². The average molecular weight is 246 g/mol. The highest BCUT2D eigenvalue weighted by atomic mass is 16.3. The van der Waals surface area contributed by atoms with Gasteiger partial charge < -0.3 is 15.1 Å². The summed E-state index contributed by atoms with van der Waals surface area (Å²) in [4.78, 5) is 2.21. The van der Waals surface area contributed by atoms with Gasteiger partial charge in [-0.25, -0.2) is 0 Å². The highest BCUT2D eigenvalue weighted by Crippen LogP contribution is 2.30. The van der Waals surface area contributed by atoms with Gasteiger partial charge >= 0.3 is 0 Å². The number of hydrogen-bond acceptors (Lipinski definition) is 4. The maximum absolute atomic E-state index is 10.0. The number of nitriles is 1. The number of para-hydroxylation sites is 1. The van der Waals surface area contributed by atoms with Crippen molar-refractivity contribution in [3.8, 4) is 6.07 Å². The molecular formula is C14H18N2O2. The molecule has 0 bridgehead atoms. The van der Waals surface area contributed by atoms with Gasteiger partial charge in [-0.2, -0.15) is 5.26 Å². The lowest BCUT2D eigenvalue weighted by atomic mass is 10.0. The molecule has 0 aliphatic carbocycles. The van der Waals surface area contributed by atoms with Crippen molar-refractivity contribution in [2.45, 2.75) is 31.5 Å². The van der Waals surface area contributed by atoms with E-state index in [0.29, 0.717) is 5.56 Å². The highest BCUT2D eigenvalue weighted by molar-refractivity contribution is 5.55. The van der Waals surface area contributed by atoms with Gasteiger partial charge in [-0.1, -0.05) is 18.2 Å². The van der Waals surface area contributed by atoms with Crippen LogP contribution in [-0.2, 0) is 0 Å². The van der Waals surface area contributed by atoms with E-state index in [9.17, 15) is 10.2 Å². The van der Waals surface area contributed by atoms with Crippen LogP contribution in [0.2, 0.25) is 0 Å². The van der Waals surface area contributed by atoms with Gasteiger partial charge in [0.15, 0.2) is 6.10 Å². The predicted molar refractivity (Wildman–Crippen MR) is 69.1 cm³/mol. The minimum atomic E-state index is -1.38. The van der Waals surface area contributed by atoms with Gasteiger partial charge in [-0.05, 0) is 25.3 Å². The molecule has 1 saturated heterocycles. The summed E-state index contributed by atoms with van der Waals surface area (Å²) in [6.07, 6.45) is 1.00. The number of hydrogen-bond donors (Lipinski definition) is 2. The Hall–Kier alpha value is -1.57. The van der Waals surface area contributed by atoms with E-state index in [1.807, 2.05) is 18.2 Å². The minimum absolute atomic E-state index is 0.633. The minimum Gasteiger partial charge on any atom is -0.384 e. The molecule has 0 aromatic heterocycles. The lowest BCUT2D eigenvalue weighted by molar-refractivity contribution is 0.0530. The van der Waals surface area contributed by atoms with Crippen LogP contribution in [-0.4, -0.2) is 29.4 Å². The van der Waals surface area contributed by atoms with Crippen molar-refractivity contribution in [2.75, 3.05) is 18.0 Å². The quantitative estimate of drug-likeness (QED) is 0.795. The number of piperidine rings is 1. The monoisotopic (exact) mass is 246 g/mol. The fourth-order valence-corrected chi connectivity index (χ4v) is 2.40. The van der Waals surface area contributed by atoms with Gasteiger partial charge in [0.1, 0.15) is 6.10 Å². The van der Waals surface area contributed by atoms with E-state index < -0.39 is 12.2 Å². The van der Waals surface area contributed by atoms with Crippen molar-refractivity contribution in [3.05, 3.63) is 29.8 Å². The van der Waals surface area contributed by atoms with Crippen LogP contribution in [0, 0.1) is 11.3 Å².